The Kier molecular flexibility index (Phi) is 4.45. The molecular weight excluding hydrogens is 418 g/mol. The predicted molar refractivity (Wildman–Crippen MR) is 112 cm³/mol. The van der Waals surface area contributed by atoms with Gasteiger partial charge in [0.15, 0.2) is 5.82 Å². The van der Waals surface area contributed by atoms with Crippen LogP contribution < -0.4 is 5.32 Å². The standard InChI is InChI=1S/C21H21N5O4S/c1-21(2)16-10-15(5-6-17(16)23-20(21)27)31(28,29)26-9-7-14(12-26)18-24-19(30-25-18)13-4-3-8-22-11-13/h3-6,8,10-11,14H,7,9,12H2,1-2H3,(H,23,27). The minimum Gasteiger partial charge on any atom is -0.334 e. The van der Waals surface area contributed by atoms with E-state index >= 15 is 0 Å². The van der Waals surface area contributed by atoms with Crippen LogP contribution in [-0.2, 0) is 20.2 Å². The number of amides is 1. The Morgan fingerprint density at radius 1 is 1.26 bits per heavy atom. The maximum absolute atomic E-state index is 13.3. The van der Waals surface area contributed by atoms with Crippen LogP contribution in [0, 0.1) is 0 Å². The van der Waals surface area contributed by atoms with Crippen molar-refractivity contribution >= 4 is 21.6 Å². The smallest absolute Gasteiger partial charge is 0.259 e. The molecule has 5 rings (SSSR count). The molecule has 2 aliphatic heterocycles. The SMILES string of the molecule is CC1(C)C(=O)Nc2ccc(S(=O)(=O)N3CCC(c4noc(-c5cccnc5)n4)C3)cc21. The molecule has 1 N–H and O–H groups in total. The minimum absolute atomic E-state index is 0.139. The number of carbonyl (C=O) groups excluding carboxylic acids is 1. The second-order valence-electron chi connectivity index (χ2n) is 8.33. The summed E-state index contributed by atoms with van der Waals surface area (Å²) in [6.07, 6.45) is 3.89. The highest BCUT2D eigenvalue weighted by molar-refractivity contribution is 7.89. The van der Waals surface area contributed by atoms with Gasteiger partial charge in [-0.05, 0) is 56.2 Å². The van der Waals surface area contributed by atoms with Crippen LogP contribution in [-0.4, -0.2) is 46.8 Å². The molecule has 1 saturated heterocycles. The summed E-state index contributed by atoms with van der Waals surface area (Å²) in [5.41, 5.74) is 1.28. The Morgan fingerprint density at radius 2 is 2.10 bits per heavy atom. The van der Waals surface area contributed by atoms with Crippen molar-refractivity contribution in [2.24, 2.45) is 0 Å². The molecule has 10 heteroatoms. The number of hydrogen-bond donors (Lipinski definition) is 1. The van der Waals surface area contributed by atoms with E-state index in [-0.39, 0.29) is 23.3 Å². The normalized spacial score (nSPS) is 20.6. The van der Waals surface area contributed by atoms with Crippen molar-refractivity contribution < 1.29 is 17.7 Å². The number of carbonyl (C=O) groups is 1. The lowest BCUT2D eigenvalue weighted by atomic mass is 9.86. The number of nitrogens with zero attached hydrogens (tertiary/aromatic N) is 4. The number of rotatable bonds is 4. The molecule has 0 spiro atoms. The van der Waals surface area contributed by atoms with E-state index in [0.29, 0.717) is 41.5 Å². The van der Waals surface area contributed by atoms with Gasteiger partial charge in [-0.2, -0.15) is 9.29 Å². The number of anilines is 1. The highest BCUT2D eigenvalue weighted by atomic mass is 32.2. The predicted octanol–water partition coefficient (Wildman–Crippen LogP) is 2.54. The molecule has 0 aliphatic carbocycles. The largest absolute Gasteiger partial charge is 0.334 e. The lowest BCUT2D eigenvalue weighted by Gasteiger charge is -2.19. The molecule has 9 nitrogen and oxygen atoms in total. The van der Waals surface area contributed by atoms with E-state index in [1.807, 2.05) is 6.07 Å². The Hall–Kier alpha value is -3.11. The molecule has 1 fully saturated rings. The van der Waals surface area contributed by atoms with Gasteiger partial charge < -0.3 is 9.84 Å². The molecule has 0 radical (unpaired) electrons. The highest BCUT2D eigenvalue weighted by Crippen LogP contribution is 2.39. The summed E-state index contributed by atoms with van der Waals surface area (Å²) >= 11 is 0. The third-order valence-corrected chi connectivity index (χ3v) is 7.85. The van der Waals surface area contributed by atoms with Crippen molar-refractivity contribution in [1.29, 1.82) is 0 Å². The molecular formula is C21H21N5O4S. The van der Waals surface area contributed by atoms with Gasteiger partial charge in [0.2, 0.25) is 15.9 Å². The molecule has 1 amide bonds. The number of fused-ring (bicyclic) bond motifs is 1. The van der Waals surface area contributed by atoms with Crippen molar-refractivity contribution in [3.8, 4) is 11.5 Å². The second kappa shape index (κ2) is 6.96. The summed E-state index contributed by atoms with van der Waals surface area (Å²) in [4.78, 5) is 20.8. The van der Waals surface area contributed by atoms with E-state index in [1.54, 1.807) is 44.4 Å². The first-order valence-electron chi connectivity index (χ1n) is 9.97. The Labute approximate surface area is 179 Å². The lowest BCUT2D eigenvalue weighted by Crippen LogP contribution is -2.29. The van der Waals surface area contributed by atoms with Gasteiger partial charge in [-0.25, -0.2) is 8.42 Å². The van der Waals surface area contributed by atoms with Crippen molar-refractivity contribution in [2.45, 2.75) is 36.5 Å². The zero-order valence-corrected chi connectivity index (χ0v) is 17.9. The zero-order chi connectivity index (χ0) is 21.8. The van der Waals surface area contributed by atoms with E-state index < -0.39 is 15.4 Å². The number of nitrogens with one attached hydrogen (secondary N) is 1. The van der Waals surface area contributed by atoms with Gasteiger partial charge >= 0.3 is 0 Å². The van der Waals surface area contributed by atoms with Gasteiger partial charge in [-0.15, -0.1) is 0 Å². The first kappa shape index (κ1) is 19.8. The van der Waals surface area contributed by atoms with Gasteiger partial charge in [-0.3, -0.25) is 9.78 Å². The van der Waals surface area contributed by atoms with Gasteiger partial charge in [0, 0.05) is 37.1 Å². The molecule has 2 aliphatic rings. The molecule has 1 aromatic carbocycles. The van der Waals surface area contributed by atoms with Crippen molar-refractivity contribution in [3.05, 3.63) is 54.1 Å². The average Bonchev–Trinajstić information content (AvgIpc) is 3.48. The van der Waals surface area contributed by atoms with Crippen LogP contribution in [0.5, 0.6) is 0 Å². The maximum Gasteiger partial charge on any atom is 0.259 e. The fraction of sp³-hybridized carbons (Fsp3) is 0.333. The van der Waals surface area contributed by atoms with Gasteiger partial charge in [0.1, 0.15) is 0 Å². The Balaban J connectivity index is 1.37. The number of pyridine rings is 1. The number of benzene rings is 1. The molecule has 2 aromatic heterocycles. The van der Waals surface area contributed by atoms with Crippen molar-refractivity contribution in [2.75, 3.05) is 18.4 Å². The van der Waals surface area contributed by atoms with Gasteiger partial charge in [-0.1, -0.05) is 5.16 Å². The Morgan fingerprint density at radius 3 is 2.87 bits per heavy atom. The fourth-order valence-electron chi connectivity index (χ4n) is 4.02. The second-order valence-corrected chi connectivity index (χ2v) is 10.3. The van der Waals surface area contributed by atoms with Gasteiger partial charge in [0.25, 0.3) is 5.89 Å². The summed E-state index contributed by atoms with van der Waals surface area (Å²) in [5.74, 6) is 0.557. The molecule has 3 aromatic rings. The summed E-state index contributed by atoms with van der Waals surface area (Å²) < 4.78 is 33.3. The summed E-state index contributed by atoms with van der Waals surface area (Å²) in [6.45, 7) is 4.20. The first-order valence-corrected chi connectivity index (χ1v) is 11.4. The summed E-state index contributed by atoms with van der Waals surface area (Å²) in [6, 6.07) is 8.40. The third kappa shape index (κ3) is 3.22. The van der Waals surface area contributed by atoms with Crippen LogP contribution in [0.15, 0.2) is 52.1 Å². The number of sulfonamides is 1. The topological polar surface area (TPSA) is 118 Å². The van der Waals surface area contributed by atoms with E-state index in [9.17, 15) is 13.2 Å². The Bertz CT molecular complexity index is 1270. The fourth-order valence-corrected chi connectivity index (χ4v) is 5.55. The first-order chi connectivity index (χ1) is 14.8. The van der Waals surface area contributed by atoms with E-state index in [2.05, 4.69) is 20.4 Å². The summed E-state index contributed by atoms with van der Waals surface area (Å²) in [5, 5.41) is 6.86. The number of hydrogen-bond acceptors (Lipinski definition) is 7. The van der Waals surface area contributed by atoms with Crippen LogP contribution in [0.4, 0.5) is 5.69 Å². The van der Waals surface area contributed by atoms with Crippen LogP contribution in [0.1, 0.15) is 37.6 Å². The lowest BCUT2D eigenvalue weighted by molar-refractivity contribution is -0.119. The third-order valence-electron chi connectivity index (χ3n) is 5.98. The van der Waals surface area contributed by atoms with Crippen molar-refractivity contribution in [3.63, 3.8) is 0 Å². The molecule has 1 unspecified atom stereocenters. The molecule has 31 heavy (non-hydrogen) atoms. The van der Waals surface area contributed by atoms with Crippen LogP contribution in [0.2, 0.25) is 0 Å². The zero-order valence-electron chi connectivity index (χ0n) is 17.1. The molecule has 4 heterocycles. The molecule has 1 atom stereocenters. The van der Waals surface area contributed by atoms with Crippen molar-refractivity contribution in [1.82, 2.24) is 19.4 Å². The van der Waals surface area contributed by atoms with Crippen LogP contribution in [0.3, 0.4) is 0 Å². The molecule has 0 bridgehead atoms. The maximum atomic E-state index is 13.3. The van der Waals surface area contributed by atoms with Crippen LogP contribution >= 0.6 is 0 Å². The minimum atomic E-state index is -3.72. The monoisotopic (exact) mass is 439 g/mol. The average molecular weight is 439 g/mol. The highest BCUT2D eigenvalue weighted by Gasteiger charge is 2.41. The molecule has 0 saturated carbocycles. The van der Waals surface area contributed by atoms with E-state index in [1.165, 1.54) is 10.4 Å². The van der Waals surface area contributed by atoms with Gasteiger partial charge in [0.05, 0.1) is 15.9 Å². The van der Waals surface area contributed by atoms with Crippen LogP contribution in [0.25, 0.3) is 11.5 Å². The summed E-state index contributed by atoms with van der Waals surface area (Å²) in [7, 11) is -3.72. The quantitative estimate of drug-likeness (QED) is 0.663. The number of aromatic nitrogens is 3. The molecule has 160 valence electrons. The van der Waals surface area contributed by atoms with E-state index in [4.69, 9.17) is 4.52 Å². The van der Waals surface area contributed by atoms with E-state index in [0.717, 1.165) is 0 Å².